The first kappa shape index (κ1) is 21.2. The van der Waals surface area contributed by atoms with Crippen molar-refractivity contribution in [3.05, 3.63) is 76.9 Å². The molecule has 2 nitrogen and oxygen atoms in total. The molecule has 0 amide bonds. The first-order chi connectivity index (χ1) is 12.7. The smallest absolute Gasteiger partial charge is 0.461 e. The minimum absolute atomic E-state index is 0.172. The standard InChI is InChI=1S/C19H17F5O2S/c1-2-26-17(18(20,21)19(22,23)24)16(27-14-11-7-4-8-12-14)15(25)13-9-5-3-6-10-13/h3-12,15,25H,2H2,1H3/b17-16+. The fourth-order valence-corrected chi connectivity index (χ4v) is 3.29. The number of alkyl halides is 5. The van der Waals surface area contributed by atoms with E-state index in [2.05, 4.69) is 0 Å². The van der Waals surface area contributed by atoms with Crippen molar-refractivity contribution in [1.29, 1.82) is 0 Å². The minimum Gasteiger partial charge on any atom is -0.491 e. The monoisotopic (exact) mass is 404 g/mol. The van der Waals surface area contributed by atoms with Crippen molar-refractivity contribution < 1.29 is 31.8 Å². The number of ether oxygens (including phenoxy) is 1. The lowest BCUT2D eigenvalue weighted by atomic mass is 10.1. The zero-order chi connectivity index (χ0) is 20.1. The van der Waals surface area contributed by atoms with Gasteiger partial charge in [0.2, 0.25) is 0 Å². The van der Waals surface area contributed by atoms with E-state index in [1.54, 1.807) is 36.4 Å². The highest BCUT2D eigenvalue weighted by molar-refractivity contribution is 8.03. The van der Waals surface area contributed by atoms with Crippen LogP contribution in [0.3, 0.4) is 0 Å². The third kappa shape index (κ3) is 5.01. The number of hydrogen-bond acceptors (Lipinski definition) is 3. The van der Waals surface area contributed by atoms with Crippen molar-refractivity contribution in [1.82, 2.24) is 0 Å². The third-order valence-corrected chi connectivity index (χ3v) is 4.62. The topological polar surface area (TPSA) is 29.5 Å². The number of thioether (sulfide) groups is 1. The van der Waals surface area contributed by atoms with Crippen molar-refractivity contribution in [2.24, 2.45) is 0 Å². The van der Waals surface area contributed by atoms with E-state index in [9.17, 15) is 27.1 Å². The summed E-state index contributed by atoms with van der Waals surface area (Å²) in [4.78, 5) is -0.228. The number of aliphatic hydroxyl groups excluding tert-OH is 1. The molecule has 0 aliphatic heterocycles. The van der Waals surface area contributed by atoms with Gasteiger partial charge in [-0.2, -0.15) is 22.0 Å². The van der Waals surface area contributed by atoms with E-state index >= 15 is 0 Å². The molecule has 2 aromatic rings. The van der Waals surface area contributed by atoms with E-state index in [0.717, 1.165) is 0 Å². The fourth-order valence-electron chi connectivity index (χ4n) is 2.22. The van der Waals surface area contributed by atoms with Gasteiger partial charge in [-0.3, -0.25) is 0 Å². The molecule has 0 aliphatic rings. The van der Waals surface area contributed by atoms with Crippen LogP contribution in [0, 0.1) is 0 Å². The Bertz CT molecular complexity index is 761. The predicted molar refractivity (Wildman–Crippen MR) is 93.4 cm³/mol. The molecule has 0 bridgehead atoms. The maximum Gasteiger partial charge on any atom is 0.461 e. The highest BCUT2D eigenvalue weighted by atomic mass is 32.2. The van der Waals surface area contributed by atoms with E-state index in [0.29, 0.717) is 16.7 Å². The molecule has 0 radical (unpaired) electrons. The van der Waals surface area contributed by atoms with Gasteiger partial charge < -0.3 is 9.84 Å². The molecule has 0 heterocycles. The van der Waals surface area contributed by atoms with Gasteiger partial charge in [0.1, 0.15) is 6.10 Å². The van der Waals surface area contributed by atoms with Crippen LogP contribution in [0.25, 0.3) is 0 Å². The van der Waals surface area contributed by atoms with Gasteiger partial charge in [0.25, 0.3) is 0 Å². The Labute approximate surface area is 157 Å². The molecule has 8 heteroatoms. The Kier molecular flexibility index (Phi) is 6.89. The van der Waals surface area contributed by atoms with Crippen LogP contribution in [0.2, 0.25) is 0 Å². The van der Waals surface area contributed by atoms with Crippen LogP contribution >= 0.6 is 11.8 Å². The highest BCUT2D eigenvalue weighted by Crippen LogP contribution is 2.48. The number of halogens is 5. The van der Waals surface area contributed by atoms with Gasteiger partial charge >= 0.3 is 12.1 Å². The van der Waals surface area contributed by atoms with E-state index in [-0.39, 0.29) is 5.56 Å². The second-order valence-corrected chi connectivity index (χ2v) is 6.54. The molecule has 146 valence electrons. The van der Waals surface area contributed by atoms with Gasteiger partial charge in [0.05, 0.1) is 11.5 Å². The molecule has 0 spiro atoms. The number of allylic oxidation sites excluding steroid dienone is 1. The summed E-state index contributed by atoms with van der Waals surface area (Å²) in [5.41, 5.74) is 0.172. The van der Waals surface area contributed by atoms with Crippen molar-refractivity contribution in [2.75, 3.05) is 6.61 Å². The Morgan fingerprint density at radius 3 is 1.96 bits per heavy atom. The van der Waals surface area contributed by atoms with Gasteiger partial charge in [0, 0.05) is 4.90 Å². The summed E-state index contributed by atoms with van der Waals surface area (Å²) in [6, 6.07) is 15.6. The van der Waals surface area contributed by atoms with Crippen LogP contribution in [-0.4, -0.2) is 23.8 Å². The normalized spacial score (nSPS) is 14.5. The lowest BCUT2D eigenvalue weighted by Crippen LogP contribution is -2.40. The lowest BCUT2D eigenvalue weighted by molar-refractivity contribution is -0.277. The van der Waals surface area contributed by atoms with Gasteiger partial charge in [-0.25, -0.2) is 0 Å². The summed E-state index contributed by atoms with van der Waals surface area (Å²) < 4.78 is 72.1. The fraction of sp³-hybridized carbons (Fsp3) is 0.263. The van der Waals surface area contributed by atoms with Crippen molar-refractivity contribution in [2.45, 2.75) is 30.0 Å². The summed E-state index contributed by atoms with van der Waals surface area (Å²) in [5, 5.41) is 10.6. The molecule has 2 rings (SSSR count). The number of hydrogen-bond donors (Lipinski definition) is 1. The molecule has 1 unspecified atom stereocenters. The maximum absolute atomic E-state index is 14.2. The number of aliphatic hydroxyl groups is 1. The van der Waals surface area contributed by atoms with Gasteiger partial charge in [0.15, 0.2) is 5.76 Å². The molecule has 1 N–H and O–H groups in total. The van der Waals surface area contributed by atoms with Crippen LogP contribution < -0.4 is 0 Å². The van der Waals surface area contributed by atoms with Crippen molar-refractivity contribution in [3.8, 4) is 0 Å². The van der Waals surface area contributed by atoms with E-state index in [1.807, 2.05) is 0 Å². The Morgan fingerprint density at radius 1 is 0.963 bits per heavy atom. The Balaban J connectivity index is 2.64. The summed E-state index contributed by atoms with van der Waals surface area (Å²) in [7, 11) is 0. The lowest BCUT2D eigenvalue weighted by Gasteiger charge is -2.27. The maximum atomic E-state index is 14.2. The van der Waals surface area contributed by atoms with Gasteiger partial charge in [-0.15, -0.1) is 0 Å². The summed E-state index contributed by atoms with van der Waals surface area (Å²) in [5.74, 6) is -6.85. The largest absolute Gasteiger partial charge is 0.491 e. The molecule has 1 atom stereocenters. The predicted octanol–water partition coefficient (Wildman–Crippen LogP) is 5.96. The molecule has 0 aromatic heterocycles. The van der Waals surface area contributed by atoms with E-state index in [1.165, 1.54) is 31.2 Å². The average molecular weight is 404 g/mol. The second-order valence-electron chi connectivity index (χ2n) is 5.43. The van der Waals surface area contributed by atoms with Crippen LogP contribution in [0.4, 0.5) is 22.0 Å². The molecular weight excluding hydrogens is 387 g/mol. The summed E-state index contributed by atoms with van der Waals surface area (Å²) in [6.07, 6.45) is -7.58. The molecular formula is C19H17F5O2S. The van der Waals surface area contributed by atoms with Crippen LogP contribution in [0.15, 0.2) is 76.2 Å². The van der Waals surface area contributed by atoms with Crippen LogP contribution in [0.5, 0.6) is 0 Å². The Morgan fingerprint density at radius 2 is 1.48 bits per heavy atom. The van der Waals surface area contributed by atoms with E-state index < -0.39 is 35.5 Å². The van der Waals surface area contributed by atoms with Crippen LogP contribution in [-0.2, 0) is 4.74 Å². The molecule has 0 saturated heterocycles. The summed E-state index contributed by atoms with van der Waals surface area (Å²) in [6.45, 7) is 0.882. The van der Waals surface area contributed by atoms with Crippen LogP contribution in [0.1, 0.15) is 18.6 Å². The second kappa shape index (κ2) is 8.75. The van der Waals surface area contributed by atoms with Crippen molar-refractivity contribution >= 4 is 11.8 Å². The summed E-state index contributed by atoms with van der Waals surface area (Å²) >= 11 is 0.607. The molecule has 27 heavy (non-hydrogen) atoms. The van der Waals surface area contributed by atoms with Gasteiger partial charge in [-0.1, -0.05) is 60.3 Å². The third-order valence-electron chi connectivity index (χ3n) is 3.49. The first-order valence-electron chi connectivity index (χ1n) is 7.96. The average Bonchev–Trinajstić information content (AvgIpc) is 2.64. The number of benzene rings is 2. The zero-order valence-electron chi connectivity index (χ0n) is 14.2. The first-order valence-corrected chi connectivity index (χ1v) is 8.78. The van der Waals surface area contributed by atoms with Gasteiger partial charge in [-0.05, 0) is 24.6 Å². The van der Waals surface area contributed by atoms with E-state index in [4.69, 9.17) is 4.74 Å². The molecule has 0 aliphatic carbocycles. The number of rotatable bonds is 7. The SMILES string of the molecule is CCO/C(=C(/Sc1ccccc1)C(O)c1ccccc1)C(F)(F)C(F)(F)F. The quantitative estimate of drug-likeness (QED) is 0.351. The highest BCUT2D eigenvalue weighted by Gasteiger charge is 2.63. The zero-order valence-corrected chi connectivity index (χ0v) is 15.0. The minimum atomic E-state index is -5.86. The molecule has 0 fully saturated rings. The van der Waals surface area contributed by atoms with Crippen molar-refractivity contribution in [3.63, 3.8) is 0 Å². The molecule has 0 saturated carbocycles. The Hall–Kier alpha value is -2.06. The molecule has 2 aromatic carbocycles.